The number of fused-ring (bicyclic) bond motifs is 2. The van der Waals surface area contributed by atoms with Gasteiger partial charge in [-0.2, -0.15) is 15.2 Å². The van der Waals surface area contributed by atoms with Crippen LogP contribution in [-0.2, 0) is 9.53 Å². The number of benzene rings is 2. The number of nitrogens with one attached hydrogen (secondary N) is 1. The fourth-order valence-corrected chi connectivity index (χ4v) is 7.87. The Kier molecular flexibility index (Phi) is 9.22. The van der Waals surface area contributed by atoms with Crippen LogP contribution in [0.1, 0.15) is 25.3 Å². The molecule has 0 aliphatic carbocycles. The lowest BCUT2D eigenvalue weighted by Crippen LogP contribution is -2.36. The van der Waals surface area contributed by atoms with Gasteiger partial charge in [-0.05, 0) is 56.5 Å². The maximum absolute atomic E-state index is 16.8. The Bertz CT molecular complexity index is 1930. The first-order chi connectivity index (χ1) is 22.6. The number of nitrogen functional groups attached to an aromatic ring is 1. The highest BCUT2D eigenvalue weighted by Gasteiger charge is 2.34. The van der Waals surface area contributed by atoms with Crippen molar-refractivity contribution in [2.45, 2.75) is 38.0 Å². The number of amides is 1. The minimum Gasteiger partial charge on any atom is -0.462 e. The van der Waals surface area contributed by atoms with E-state index in [0.717, 1.165) is 30.7 Å². The number of nitriles is 1. The fourth-order valence-electron chi connectivity index (χ4n) is 6.63. The second kappa shape index (κ2) is 13.2. The summed E-state index contributed by atoms with van der Waals surface area (Å²) in [5, 5.41) is 13.8. The van der Waals surface area contributed by atoms with Crippen LogP contribution < -0.4 is 15.8 Å². The normalized spacial score (nSPS) is 21.4. The molecule has 2 aliphatic rings. The van der Waals surface area contributed by atoms with Gasteiger partial charge < -0.3 is 25.4 Å². The minimum atomic E-state index is -0.779. The molecule has 2 aliphatic heterocycles. The Labute approximate surface area is 279 Å². The molecule has 2 fully saturated rings. The van der Waals surface area contributed by atoms with Gasteiger partial charge >= 0.3 is 6.01 Å². The molecule has 14 heteroatoms. The molecule has 0 spiro atoms. The van der Waals surface area contributed by atoms with E-state index in [9.17, 15) is 14.4 Å². The Morgan fingerprint density at radius 1 is 1.36 bits per heavy atom. The molecule has 0 unspecified atom stereocenters. The van der Waals surface area contributed by atoms with Gasteiger partial charge in [0.2, 0.25) is 5.91 Å². The number of carbonyl (C=O) groups excluding carboxylic acids is 1. The zero-order valence-corrected chi connectivity index (χ0v) is 27.7. The number of ether oxygens (including phenoxy) is 2. The minimum absolute atomic E-state index is 0.0204. The molecule has 4 atom stereocenters. The lowest BCUT2D eigenvalue weighted by molar-refractivity contribution is -0.126. The van der Waals surface area contributed by atoms with Crippen LogP contribution in [0.5, 0.6) is 6.01 Å². The van der Waals surface area contributed by atoms with Crippen LogP contribution in [0.25, 0.3) is 32.1 Å². The van der Waals surface area contributed by atoms with E-state index in [1.807, 2.05) is 20.0 Å². The highest BCUT2D eigenvalue weighted by atomic mass is 35.5. The number of likely N-dealkylation sites (tertiary alicyclic amines) is 2. The molecular weight excluding hydrogens is 648 g/mol. The number of thiophene rings is 1. The third kappa shape index (κ3) is 5.95. The summed E-state index contributed by atoms with van der Waals surface area (Å²) in [6, 6.07) is 6.11. The van der Waals surface area contributed by atoms with Gasteiger partial charge in [0.1, 0.15) is 34.8 Å². The lowest BCUT2D eigenvalue weighted by Gasteiger charge is -2.24. The number of anilines is 2. The van der Waals surface area contributed by atoms with Crippen molar-refractivity contribution in [3.63, 3.8) is 0 Å². The average Bonchev–Trinajstić information content (AvgIpc) is 3.73. The summed E-state index contributed by atoms with van der Waals surface area (Å²) in [6.07, 6.45) is 2.90. The number of aromatic nitrogens is 2. The van der Waals surface area contributed by atoms with E-state index in [0.29, 0.717) is 24.3 Å². The van der Waals surface area contributed by atoms with E-state index in [1.165, 1.54) is 18.2 Å². The average molecular weight is 682 g/mol. The summed E-state index contributed by atoms with van der Waals surface area (Å²) >= 11 is 7.70. The molecule has 2 aromatic carbocycles. The summed E-state index contributed by atoms with van der Waals surface area (Å²) in [5.74, 6) is -1.08. The quantitative estimate of drug-likeness (QED) is 0.210. The van der Waals surface area contributed by atoms with Crippen molar-refractivity contribution >= 4 is 60.7 Å². The number of carbonyl (C=O) groups is 1. The Morgan fingerprint density at radius 3 is 2.85 bits per heavy atom. The number of likely N-dealkylation sites (N-methyl/N-ethyl adjacent to an activating group) is 1. The zero-order valence-electron chi connectivity index (χ0n) is 26.1. The maximum atomic E-state index is 16.8. The van der Waals surface area contributed by atoms with Crippen LogP contribution in [0.3, 0.4) is 0 Å². The summed E-state index contributed by atoms with van der Waals surface area (Å²) in [5.41, 5.74) is 6.21. The number of halogens is 3. The van der Waals surface area contributed by atoms with Crippen LogP contribution in [-0.4, -0.2) is 84.3 Å². The molecule has 6 rings (SSSR count). The Hall–Kier alpha value is -4.09. The fraction of sp³-hybridized carbons (Fsp3) is 0.394. The summed E-state index contributed by atoms with van der Waals surface area (Å²) in [7, 11) is 3.66. The van der Waals surface area contributed by atoms with E-state index in [2.05, 4.69) is 26.8 Å². The second-order valence-corrected chi connectivity index (χ2v) is 13.4. The number of nitrogens with two attached hydrogens (primary N) is 1. The van der Waals surface area contributed by atoms with Crippen molar-refractivity contribution in [3.05, 3.63) is 53.1 Å². The van der Waals surface area contributed by atoms with E-state index < -0.39 is 11.6 Å². The monoisotopic (exact) mass is 681 g/mol. The number of nitrogens with zero attached hydrogens (tertiary/aromatic N) is 5. The van der Waals surface area contributed by atoms with Gasteiger partial charge in [-0.15, -0.1) is 11.3 Å². The van der Waals surface area contributed by atoms with Crippen LogP contribution in [0.15, 0.2) is 30.9 Å². The molecule has 4 heterocycles. The van der Waals surface area contributed by atoms with E-state index in [1.54, 1.807) is 18.1 Å². The molecule has 4 aromatic rings. The number of hydrogen-bond acceptors (Lipinski definition) is 10. The van der Waals surface area contributed by atoms with Crippen molar-refractivity contribution in [1.29, 1.82) is 5.26 Å². The third-order valence-corrected chi connectivity index (χ3v) is 10.7. The van der Waals surface area contributed by atoms with E-state index in [4.69, 9.17) is 26.8 Å². The van der Waals surface area contributed by atoms with E-state index >= 15 is 4.39 Å². The van der Waals surface area contributed by atoms with Crippen molar-refractivity contribution in [2.24, 2.45) is 5.92 Å². The molecule has 0 saturated carbocycles. The first-order valence-electron chi connectivity index (χ1n) is 15.2. The van der Waals surface area contributed by atoms with Crippen LogP contribution in [0, 0.1) is 28.9 Å². The number of hydrogen-bond donors (Lipinski definition) is 2. The third-order valence-electron chi connectivity index (χ3n) is 9.35. The number of methoxy groups -OCH3 is 1. The van der Waals surface area contributed by atoms with Gasteiger partial charge in [-0.3, -0.25) is 9.69 Å². The lowest BCUT2D eigenvalue weighted by atomic mass is 9.97. The SMILES string of the molecule is C=CC(=O)N1CC[C@H](CNc2nc(OC[C@@H]3C[C@@H](OC)CN3C)nc3c(F)c(-c4ccc(F)c5sc(N)c(C#N)c45)c(Cl)cc23)[C@H]1C. The summed E-state index contributed by atoms with van der Waals surface area (Å²) < 4.78 is 43.3. The van der Waals surface area contributed by atoms with Gasteiger partial charge in [0, 0.05) is 55.2 Å². The van der Waals surface area contributed by atoms with Gasteiger partial charge in [0.05, 0.1) is 21.4 Å². The Balaban J connectivity index is 1.43. The van der Waals surface area contributed by atoms with Crippen LogP contribution >= 0.6 is 22.9 Å². The highest BCUT2D eigenvalue weighted by molar-refractivity contribution is 7.23. The maximum Gasteiger partial charge on any atom is 0.319 e. The topological polar surface area (TPSA) is 130 Å². The predicted molar refractivity (Wildman–Crippen MR) is 180 cm³/mol. The summed E-state index contributed by atoms with van der Waals surface area (Å²) in [4.78, 5) is 25.3. The zero-order chi connectivity index (χ0) is 33.6. The molecule has 10 nitrogen and oxygen atoms in total. The van der Waals surface area contributed by atoms with Crippen LogP contribution in [0.2, 0.25) is 5.02 Å². The number of rotatable bonds is 9. The molecule has 0 bridgehead atoms. The van der Waals surface area contributed by atoms with Crippen molar-refractivity contribution in [1.82, 2.24) is 19.8 Å². The molecule has 2 saturated heterocycles. The smallest absolute Gasteiger partial charge is 0.319 e. The first kappa shape index (κ1) is 32.8. The first-order valence-corrected chi connectivity index (χ1v) is 16.4. The summed E-state index contributed by atoms with van der Waals surface area (Å²) in [6.45, 7) is 7.63. The molecule has 1 amide bonds. The van der Waals surface area contributed by atoms with Gasteiger partial charge in [-0.1, -0.05) is 24.2 Å². The predicted octanol–water partition coefficient (Wildman–Crippen LogP) is 5.83. The molecule has 47 heavy (non-hydrogen) atoms. The second-order valence-electron chi connectivity index (χ2n) is 12.0. The standard InChI is InChI=1S/C33H34ClF2N7O3S/c1-5-25(44)43-9-8-17(16(43)2)13-39-32-21-11-23(34)27(20-6-7-24(35)30-26(20)22(12-37)31(38)47-30)28(36)29(21)40-33(41-32)46-15-18-10-19(45-4)14-42(18)3/h5-7,11,16-19H,1,8-10,13-15,38H2,2-4H3,(H,39,40,41)/t16-,17-,18+,19-/m1/s1. The highest BCUT2D eigenvalue weighted by Crippen LogP contribution is 2.45. The van der Waals surface area contributed by atoms with Gasteiger partial charge in [-0.25, -0.2) is 8.78 Å². The van der Waals surface area contributed by atoms with Crippen molar-refractivity contribution in [3.8, 4) is 23.2 Å². The molecule has 246 valence electrons. The Morgan fingerprint density at radius 2 is 2.15 bits per heavy atom. The van der Waals surface area contributed by atoms with Gasteiger partial charge in [0.15, 0.2) is 5.82 Å². The van der Waals surface area contributed by atoms with Crippen molar-refractivity contribution < 1.29 is 23.0 Å². The van der Waals surface area contributed by atoms with Crippen LogP contribution in [0.4, 0.5) is 19.6 Å². The van der Waals surface area contributed by atoms with E-state index in [-0.39, 0.29) is 84.9 Å². The molecule has 3 N–H and O–H groups in total. The van der Waals surface area contributed by atoms with Crippen molar-refractivity contribution in [2.75, 3.05) is 51.4 Å². The molecule has 2 aromatic heterocycles. The largest absolute Gasteiger partial charge is 0.462 e. The molecule has 0 radical (unpaired) electrons. The molecular formula is C33H34ClF2N7O3S. The van der Waals surface area contributed by atoms with Gasteiger partial charge in [0.25, 0.3) is 0 Å².